The highest BCUT2D eigenvalue weighted by Crippen LogP contribution is 2.26. The van der Waals surface area contributed by atoms with E-state index in [0.717, 1.165) is 71.3 Å². The van der Waals surface area contributed by atoms with Gasteiger partial charge in [-0.2, -0.15) is 0 Å². The first-order chi connectivity index (χ1) is 14.7. The molecule has 1 atom stereocenters. The van der Waals surface area contributed by atoms with E-state index in [4.69, 9.17) is 14.7 Å². The van der Waals surface area contributed by atoms with Crippen molar-refractivity contribution in [3.05, 3.63) is 58.0 Å². The van der Waals surface area contributed by atoms with Crippen molar-refractivity contribution in [2.75, 3.05) is 26.7 Å². The zero-order valence-corrected chi connectivity index (χ0v) is 18.2. The van der Waals surface area contributed by atoms with E-state index in [1.54, 1.807) is 18.4 Å². The number of methoxy groups -OCH3 is 1. The minimum absolute atomic E-state index is 0.363. The molecule has 3 aromatic heterocycles. The van der Waals surface area contributed by atoms with Gasteiger partial charge in [-0.1, -0.05) is 11.3 Å². The van der Waals surface area contributed by atoms with Crippen molar-refractivity contribution in [1.82, 2.24) is 19.9 Å². The number of hydrogen-bond donors (Lipinski definition) is 0. The maximum Gasteiger partial charge on any atom is 0.144 e. The van der Waals surface area contributed by atoms with Gasteiger partial charge in [-0.05, 0) is 48.7 Å². The van der Waals surface area contributed by atoms with Gasteiger partial charge >= 0.3 is 0 Å². The number of pyridine rings is 2. The van der Waals surface area contributed by atoms with E-state index in [9.17, 15) is 0 Å². The molecule has 1 saturated heterocycles. The summed E-state index contributed by atoms with van der Waals surface area (Å²) >= 11 is 1.65. The Morgan fingerprint density at radius 3 is 2.97 bits per heavy atom. The number of fused-ring (bicyclic) bond motifs is 1. The Morgan fingerprint density at radius 2 is 2.17 bits per heavy atom. The van der Waals surface area contributed by atoms with E-state index in [2.05, 4.69) is 40.0 Å². The number of nitrogens with zero attached hydrogens (tertiary/aromatic N) is 5. The first kappa shape index (κ1) is 19.5. The Hall–Kier alpha value is -2.48. The molecule has 0 bridgehead atoms. The Balaban J connectivity index is 1.32. The van der Waals surface area contributed by atoms with E-state index < -0.39 is 0 Å². The molecule has 30 heavy (non-hydrogen) atoms. The maximum atomic E-state index is 5.48. The summed E-state index contributed by atoms with van der Waals surface area (Å²) in [6.45, 7) is 5.91. The molecule has 0 spiro atoms. The van der Waals surface area contributed by atoms with Crippen LogP contribution in [-0.2, 0) is 17.7 Å². The highest BCUT2D eigenvalue weighted by Gasteiger charge is 2.22. The van der Waals surface area contributed by atoms with Crippen LogP contribution in [0.3, 0.4) is 0 Å². The first-order valence-corrected chi connectivity index (χ1v) is 11.1. The van der Waals surface area contributed by atoms with Gasteiger partial charge < -0.3 is 4.74 Å². The summed E-state index contributed by atoms with van der Waals surface area (Å²) in [7, 11) is 1.80. The number of ether oxygens (including phenoxy) is 1. The summed E-state index contributed by atoms with van der Waals surface area (Å²) in [4.78, 5) is 22.0. The van der Waals surface area contributed by atoms with Gasteiger partial charge in [-0.15, -0.1) is 0 Å². The van der Waals surface area contributed by atoms with Crippen molar-refractivity contribution >= 4 is 33.5 Å². The SMILES string of the molecule is COC1CCN(Cc2ccnc(Cc3nc4ccc(C5=C(C)CN=C5)nc4s3)c2)C1. The van der Waals surface area contributed by atoms with E-state index in [0.29, 0.717) is 6.10 Å². The molecule has 0 amide bonds. The second-order valence-electron chi connectivity index (χ2n) is 8.01. The number of likely N-dealkylation sites (tertiary alicyclic amines) is 1. The van der Waals surface area contributed by atoms with Gasteiger partial charge in [-0.25, -0.2) is 9.97 Å². The molecule has 1 unspecified atom stereocenters. The summed E-state index contributed by atoms with van der Waals surface area (Å²) in [6, 6.07) is 8.42. The number of aliphatic imine (C=N–C) groups is 1. The molecule has 7 heteroatoms. The Bertz CT molecular complexity index is 1140. The van der Waals surface area contributed by atoms with Crippen LogP contribution >= 0.6 is 11.3 Å². The second-order valence-corrected chi connectivity index (χ2v) is 9.07. The average Bonchev–Trinajstić information content (AvgIpc) is 3.47. The molecule has 0 aromatic carbocycles. The maximum absolute atomic E-state index is 5.48. The average molecular weight is 420 g/mol. The molecular weight excluding hydrogens is 394 g/mol. The van der Waals surface area contributed by atoms with Gasteiger partial charge in [0.15, 0.2) is 0 Å². The van der Waals surface area contributed by atoms with Crippen LogP contribution in [0.15, 0.2) is 41.0 Å². The van der Waals surface area contributed by atoms with Crippen molar-refractivity contribution in [1.29, 1.82) is 0 Å². The van der Waals surface area contributed by atoms with Crippen molar-refractivity contribution < 1.29 is 4.74 Å². The van der Waals surface area contributed by atoms with E-state index in [1.807, 2.05) is 18.5 Å². The van der Waals surface area contributed by atoms with Crippen LogP contribution in [0.25, 0.3) is 15.9 Å². The third-order valence-corrected chi connectivity index (χ3v) is 6.73. The third-order valence-electron chi connectivity index (χ3n) is 5.77. The molecule has 0 N–H and O–H groups in total. The molecule has 0 aliphatic carbocycles. The smallest absolute Gasteiger partial charge is 0.144 e. The lowest BCUT2D eigenvalue weighted by molar-refractivity contribution is 0.107. The summed E-state index contributed by atoms with van der Waals surface area (Å²) in [5.41, 5.74) is 6.68. The highest BCUT2D eigenvalue weighted by molar-refractivity contribution is 7.18. The first-order valence-electron chi connectivity index (χ1n) is 10.3. The summed E-state index contributed by atoms with van der Waals surface area (Å²) < 4.78 is 5.48. The minimum Gasteiger partial charge on any atom is -0.380 e. The lowest BCUT2D eigenvalue weighted by Gasteiger charge is -2.15. The predicted molar refractivity (Wildman–Crippen MR) is 121 cm³/mol. The lowest BCUT2D eigenvalue weighted by Crippen LogP contribution is -2.22. The molecule has 5 rings (SSSR count). The molecule has 6 nitrogen and oxygen atoms in total. The van der Waals surface area contributed by atoms with E-state index in [1.165, 1.54) is 11.1 Å². The van der Waals surface area contributed by atoms with Crippen LogP contribution < -0.4 is 0 Å². The molecule has 2 aliphatic rings. The van der Waals surface area contributed by atoms with Crippen molar-refractivity contribution in [2.24, 2.45) is 4.99 Å². The number of thiazole rings is 1. The topological polar surface area (TPSA) is 63.5 Å². The summed E-state index contributed by atoms with van der Waals surface area (Å²) in [6.07, 6.45) is 6.04. The van der Waals surface area contributed by atoms with Crippen LogP contribution in [0.5, 0.6) is 0 Å². The summed E-state index contributed by atoms with van der Waals surface area (Å²) in [5, 5.41) is 1.05. The van der Waals surface area contributed by atoms with Gasteiger partial charge in [0.05, 0.1) is 18.3 Å². The highest BCUT2D eigenvalue weighted by atomic mass is 32.1. The fourth-order valence-corrected chi connectivity index (χ4v) is 5.06. The van der Waals surface area contributed by atoms with Gasteiger partial charge in [0.25, 0.3) is 0 Å². The van der Waals surface area contributed by atoms with Gasteiger partial charge in [0.2, 0.25) is 0 Å². The molecule has 0 radical (unpaired) electrons. The number of allylic oxidation sites excluding steroid dienone is 1. The summed E-state index contributed by atoms with van der Waals surface area (Å²) in [5.74, 6) is 0. The van der Waals surface area contributed by atoms with Crippen molar-refractivity contribution in [2.45, 2.75) is 32.4 Å². The fraction of sp³-hybridized carbons (Fsp3) is 0.391. The van der Waals surface area contributed by atoms with Crippen LogP contribution in [0.1, 0.15) is 35.3 Å². The normalized spacial score (nSPS) is 19.5. The standard InChI is InChI=1S/C23H25N5OS/c1-15-11-24-12-19(15)20-3-4-21-23(27-20)30-22(26-21)10-17-9-16(5-7-25-17)13-28-8-6-18(14-28)29-2/h3-5,7,9,12,18H,6,8,10-11,13-14H2,1-2H3. The van der Waals surface area contributed by atoms with Crippen molar-refractivity contribution in [3.8, 4) is 0 Å². The minimum atomic E-state index is 0.363. The largest absolute Gasteiger partial charge is 0.380 e. The van der Waals surface area contributed by atoms with E-state index in [-0.39, 0.29) is 0 Å². The molecule has 3 aromatic rings. The molecule has 1 fully saturated rings. The zero-order chi connectivity index (χ0) is 20.5. The fourth-order valence-electron chi connectivity index (χ4n) is 4.11. The Morgan fingerprint density at radius 1 is 1.23 bits per heavy atom. The molecule has 5 heterocycles. The Labute approximate surface area is 180 Å². The third kappa shape index (κ3) is 4.05. The van der Waals surface area contributed by atoms with E-state index >= 15 is 0 Å². The molecular formula is C23H25N5OS. The van der Waals surface area contributed by atoms with Crippen LogP contribution in [0.4, 0.5) is 0 Å². The molecule has 2 aliphatic heterocycles. The van der Waals surface area contributed by atoms with Gasteiger partial charge in [0.1, 0.15) is 15.4 Å². The van der Waals surface area contributed by atoms with Crippen LogP contribution in [0.2, 0.25) is 0 Å². The van der Waals surface area contributed by atoms with Crippen molar-refractivity contribution in [3.63, 3.8) is 0 Å². The van der Waals surface area contributed by atoms with Gasteiger partial charge in [0, 0.05) is 56.8 Å². The van der Waals surface area contributed by atoms with Gasteiger partial charge in [-0.3, -0.25) is 14.9 Å². The molecule has 0 saturated carbocycles. The quantitative estimate of drug-likeness (QED) is 0.609. The lowest BCUT2D eigenvalue weighted by atomic mass is 10.1. The monoisotopic (exact) mass is 419 g/mol. The number of aromatic nitrogens is 3. The molecule has 154 valence electrons. The number of rotatable bonds is 6. The predicted octanol–water partition coefficient (Wildman–Crippen LogP) is 3.76. The van der Waals surface area contributed by atoms with Crippen LogP contribution in [0, 0.1) is 0 Å². The van der Waals surface area contributed by atoms with Crippen LogP contribution in [-0.4, -0.2) is 58.9 Å². The number of hydrogen-bond acceptors (Lipinski definition) is 7. The Kier molecular flexibility index (Phi) is 5.41. The zero-order valence-electron chi connectivity index (χ0n) is 17.3. The second kappa shape index (κ2) is 8.34.